The van der Waals surface area contributed by atoms with Crippen molar-refractivity contribution in [2.45, 2.75) is 16.0 Å². The molecule has 0 saturated carbocycles. The fraction of sp³-hybridized carbons (Fsp3) is 0.455. The Morgan fingerprint density at radius 1 is 0.806 bits per heavy atom. The number of rotatable bonds is 6. The number of methoxy groups -OCH3 is 1. The molecule has 2 aromatic carbocycles. The SMILES string of the molecule is COc1ccc(S(=O)(=O)N2CCOCC2)cc1N1CCN(S(=O)(=O)c2cccc(C(F)(F)F)c2)CC1. The van der Waals surface area contributed by atoms with Gasteiger partial charge in [0.25, 0.3) is 0 Å². The number of hydrogen-bond acceptors (Lipinski definition) is 7. The van der Waals surface area contributed by atoms with Crippen LogP contribution in [0.4, 0.5) is 18.9 Å². The van der Waals surface area contributed by atoms with Crippen molar-refractivity contribution in [3.63, 3.8) is 0 Å². The Kier molecular flexibility index (Phi) is 7.53. The first-order valence-electron chi connectivity index (χ1n) is 11.1. The van der Waals surface area contributed by atoms with Gasteiger partial charge in [0.2, 0.25) is 20.0 Å². The average Bonchev–Trinajstić information content (AvgIpc) is 2.88. The minimum absolute atomic E-state index is 0.00216. The summed E-state index contributed by atoms with van der Waals surface area (Å²) in [4.78, 5) is 1.45. The van der Waals surface area contributed by atoms with Crippen LogP contribution in [-0.2, 0) is 31.0 Å². The summed E-state index contributed by atoms with van der Waals surface area (Å²) >= 11 is 0. The highest BCUT2D eigenvalue weighted by Crippen LogP contribution is 2.34. The highest BCUT2D eigenvalue weighted by molar-refractivity contribution is 7.89. The van der Waals surface area contributed by atoms with E-state index in [0.717, 1.165) is 22.5 Å². The Balaban J connectivity index is 1.54. The van der Waals surface area contributed by atoms with Crippen LogP contribution in [0.25, 0.3) is 0 Å². The number of morpholine rings is 1. The third kappa shape index (κ3) is 5.32. The maximum absolute atomic E-state index is 13.1. The molecule has 0 spiro atoms. The van der Waals surface area contributed by atoms with Crippen molar-refractivity contribution >= 4 is 25.7 Å². The minimum atomic E-state index is -4.66. The number of halogens is 3. The van der Waals surface area contributed by atoms with Crippen LogP contribution < -0.4 is 9.64 Å². The van der Waals surface area contributed by atoms with Gasteiger partial charge in [-0.1, -0.05) is 6.07 Å². The first kappa shape index (κ1) is 26.7. The number of benzene rings is 2. The number of sulfonamides is 2. The maximum atomic E-state index is 13.1. The van der Waals surface area contributed by atoms with E-state index in [4.69, 9.17) is 9.47 Å². The monoisotopic (exact) mass is 549 g/mol. The third-order valence-corrected chi connectivity index (χ3v) is 9.93. The topological polar surface area (TPSA) is 96.5 Å². The smallest absolute Gasteiger partial charge is 0.416 e. The van der Waals surface area contributed by atoms with Crippen LogP contribution >= 0.6 is 0 Å². The largest absolute Gasteiger partial charge is 0.495 e. The summed E-state index contributed by atoms with van der Waals surface area (Å²) in [6.45, 7) is 1.50. The van der Waals surface area contributed by atoms with Crippen LogP contribution in [0.15, 0.2) is 52.3 Å². The number of piperazine rings is 1. The predicted octanol–water partition coefficient (Wildman–Crippen LogP) is 2.25. The van der Waals surface area contributed by atoms with Gasteiger partial charge in [0.05, 0.1) is 41.4 Å². The standard InChI is InChI=1S/C22H26F3N3O6S2/c1-33-21-6-5-19(36(31,32)28-11-13-34-14-12-28)16-20(21)26-7-9-27(10-8-26)35(29,30)18-4-2-3-17(15-18)22(23,24)25/h2-6,15-16H,7-14H2,1H3. The number of alkyl halides is 3. The minimum Gasteiger partial charge on any atom is -0.495 e. The zero-order valence-electron chi connectivity index (χ0n) is 19.4. The molecule has 0 bridgehead atoms. The number of ether oxygens (including phenoxy) is 2. The molecular weight excluding hydrogens is 523 g/mol. The van der Waals surface area contributed by atoms with E-state index in [9.17, 15) is 30.0 Å². The Hall–Kier alpha value is -2.39. The van der Waals surface area contributed by atoms with Gasteiger partial charge in [-0.05, 0) is 36.4 Å². The first-order chi connectivity index (χ1) is 16.9. The van der Waals surface area contributed by atoms with E-state index in [1.165, 1.54) is 23.5 Å². The third-order valence-electron chi connectivity index (χ3n) is 6.14. The van der Waals surface area contributed by atoms with Gasteiger partial charge in [-0.2, -0.15) is 21.8 Å². The molecule has 0 amide bonds. The van der Waals surface area contributed by atoms with E-state index in [0.29, 0.717) is 30.7 Å². The lowest BCUT2D eigenvalue weighted by Gasteiger charge is -2.36. The molecule has 2 heterocycles. The summed E-state index contributed by atoms with van der Waals surface area (Å²) in [7, 11) is -6.46. The molecule has 0 aromatic heterocycles. The zero-order chi connectivity index (χ0) is 26.1. The molecule has 0 radical (unpaired) electrons. The van der Waals surface area contributed by atoms with Gasteiger partial charge in [-0.15, -0.1) is 0 Å². The van der Waals surface area contributed by atoms with Crippen molar-refractivity contribution < 1.29 is 39.5 Å². The predicted molar refractivity (Wildman–Crippen MR) is 125 cm³/mol. The van der Waals surface area contributed by atoms with Gasteiger partial charge < -0.3 is 14.4 Å². The normalized spacial score (nSPS) is 18.8. The van der Waals surface area contributed by atoms with Crippen LogP contribution in [-0.4, -0.2) is 85.0 Å². The summed E-state index contributed by atoms with van der Waals surface area (Å²) in [5, 5.41) is 0. The van der Waals surface area contributed by atoms with Gasteiger partial charge in [-0.3, -0.25) is 0 Å². The number of hydrogen-bond donors (Lipinski definition) is 0. The Morgan fingerprint density at radius 2 is 1.39 bits per heavy atom. The quantitative estimate of drug-likeness (QED) is 0.545. The maximum Gasteiger partial charge on any atom is 0.416 e. The van der Waals surface area contributed by atoms with Crippen molar-refractivity contribution in [3.05, 3.63) is 48.0 Å². The highest BCUT2D eigenvalue weighted by Gasteiger charge is 2.35. The lowest BCUT2D eigenvalue weighted by atomic mass is 10.2. The van der Waals surface area contributed by atoms with Crippen molar-refractivity contribution in [2.24, 2.45) is 0 Å². The van der Waals surface area contributed by atoms with Gasteiger partial charge in [0.15, 0.2) is 0 Å². The summed E-state index contributed by atoms with van der Waals surface area (Å²) in [5.41, 5.74) is -0.548. The number of nitrogens with zero attached hydrogens (tertiary/aromatic N) is 3. The molecule has 36 heavy (non-hydrogen) atoms. The fourth-order valence-corrected chi connectivity index (χ4v) is 7.06. The van der Waals surface area contributed by atoms with E-state index in [2.05, 4.69) is 0 Å². The van der Waals surface area contributed by atoms with Crippen LogP contribution in [0.3, 0.4) is 0 Å². The molecule has 14 heteroatoms. The molecule has 2 fully saturated rings. The lowest BCUT2D eigenvalue weighted by Crippen LogP contribution is -2.48. The zero-order valence-corrected chi connectivity index (χ0v) is 21.1. The fourth-order valence-electron chi connectivity index (χ4n) is 4.16. The number of anilines is 1. The summed E-state index contributed by atoms with van der Waals surface area (Å²) < 4.78 is 105. The second kappa shape index (κ2) is 10.2. The average molecular weight is 550 g/mol. The van der Waals surface area contributed by atoms with E-state index in [1.807, 2.05) is 0 Å². The van der Waals surface area contributed by atoms with Gasteiger partial charge in [0.1, 0.15) is 5.75 Å². The van der Waals surface area contributed by atoms with Crippen LogP contribution in [0, 0.1) is 0 Å². The Morgan fingerprint density at radius 3 is 1.97 bits per heavy atom. The molecule has 0 aliphatic carbocycles. The summed E-state index contributed by atoms with van der Waals surface area (Å²) in [6, 6.07) is 8.17. The van der Waals surface area contributed by atoms with Crippen molar-refractivity contribution in [1.29, 1.82) is 0 Å². The second-order valence-electron chi connectivity index (χ2n) is 8.27. The molecule has 2 aliphatic heterocycles. The molecule has 0 atom stereocenters. The van der Waals surface area contributed by atoms with Gasteiger partial charge in [-0.25, -0.2) is 16.8 Å². The summed E-state index contributed by atoms with van der Waals surface area (Å²) in [6.07, 6.45) is -4.66. The Labute approximate surface area is 208 Å². The molecule has 2 aliphatic rings. The molecule has 0 unspecified atom stereocenters. The lowest BCUT2D eigenvalue weighted by molar-refractivity contribution is -0.137. The van der Waals surface area contributed by atoms with E-state index < -0.39 is 36.7 Å². The van der Waals surface area contributed by atoms with Crippen molar-refractivity contribution in [3.8, 4) is 5.75 Å². The summed E-state index contributed by atoms with van der Waals surface area (Å²) in [5.74, 6) is 0.421. The highest BCUT2D eigenvalue weighted by atomic mass is 32.2. The van der Waals surface area contributed by atoms with Gasteiger partial charge >= 0.3 is 6.18 Å². The van der Waals surface area contributed by atoms with E-state index in [1.54, 1.807) is 11.0 Å². The second-order valence-corrected chi connectivity index (χ2v) is 12.1. The van der Waals surface area contributed by atoms with Gasteiger partial charge in [0, 0.05) is 39.3 Å². The molecular formula is C22H26F3N3O6S2. The first-order valence-corrected chi connectivity index (χ1v) is 14.0. The molecule has 2 saturated heterocycles. The molecule has 4 rings (SSSR count). The van der Waals surface area contributed by atoms with Crippen molar-refractivity contribution in [1.82, 2.24) is 8.61 Å². The van der Waals surface area contributed by atoms with E-state index in [-0.39, 0.29) is 44.2 Å². The van der Waals surface area contributed by atoms with Crippen LogP contribution in [0.2, 0.25) is 0 Å². The molecule has 0 N–H and O–H groups in total. The van der Waals surface area contributed by atoms with Crippen molar-refractivity contribution in [2.75, 3.05) is 64.5 Å². The Bertz CT molecular complexity index is 1300. The van der Waals surface area contributed by atoms with E-state index >= 15 is 0 Å². The molecule has 2 aromatic rings. The molecule has 9 nitrogen and oxygen atoms in total. The molecule has 198 valence electrons. The van der Waals surface area contributed by atoms with Crippen LogP contribution in [0.5, 0.6) is 5.75 Å². The van der Waals surface area contributed by atoms with Crippen LogP contribution in [0.1, 0.15) is 5.56 Å².